The van der Waals surface area contributed by atoms with Gasteiger partial charge in [0.2, 0.25) is 5.43 Å². The van der Waals surface area contributed by atoms with Crippen LogP contribution in [0.1, 0.15) is 31.8 Å². The number of ketones is 2. The summed E-state index contributed by atoms with van der Waals surface area (Å²) in [6, 6.07) is 40.9. The molecule has 7 rings (SSSR count). The summed E-state index contributed by atoms with van der Waals surface area (Å²) in [6.07, 6.45) is 0.672. The van der Waals surface area contributed by atoms with E-state index in [-0.39, 0.29) is 22.7 Å². The number of Topliss-reactive ketones (excluding diaryl/α,β-unsaturated/α-hetero) is 2. The first-order valence-electron chi connectivity index (χ1n) is 17.3. The van der Waals surface area contributed by atoms with Crippen molar-refractivity contribution in [1.82, 2.24) is 4.90 Å². The second kappa shape index (κ2) is 17.5. The van der Waals surface area contributed by atoms with Crippen LogP contribution in [-0.2, 0) is 12.8 Å². The van der Waals surface area contributed by atoms with Crippen molar-refractivity contribution in [1.29, 1.82) is 0 Å². The maximum Gasteiger partial charge on any atom is 0.200 e. The highest BCUT2D eigenvalue weighted by molar-refractivity contribution is 6.31. The molecule has 0 radical (unpaired) electrons. The number of hydrogen-bond acceptors (Lipinski definition) is 8. The summed E-state index contributed by atoms with van der Waals surface area (Å²) < 4.78 is 18.1. The largest absolute Gasteiger partial charge is 0.508 e. The van der Waals surface area contributed by atoms with Crippen LogP contribution < -0.4 is 14.9 Å². The van der Waals surface area contributed by atoms with Crippen LogP contribution in [-0.4, -0.2) is 48.8 Å². The highest BCUT2D eigenvalue weighted by Crippen LogP contribution is 2.33. The van der Waals surface area contributed by atoms with Gasteiger partial charge in [0.25, 0.3) is 0 Å². The van der Waals surface area contributed by atoms with Crippen molar-refractivity contribution in [3.05, 3.63) is 177 Å². The van der Waals surface area contributed by atoms with Crippen molar-refractivity contribution in [3.63, 3.8) is 0 Å². The number of rotatable bonds is 12. The zero-order valence-electron chi connectivity index (χ0n) is 29.8. The van der Waals surface area contributed by atoms with Crippen LogP contribution in [0.5, 0.6) is 23.0 Å². The van der Waals surface area contributed by atoms with Gasteiger partial charge in [-0.15, -0.1) is 0 Å². The molecule has 1 N–H and O–H groups in total. The average Bonchev–Trinajstić information content (AvgIpc) is 3.16. The number of aromatic hydroxyl groups is 1. The van der Waals surface area contributed by atoms with Crippen LogP contribution in [0, 0.1) is 0 Å². The summed E-state index contributed by atoms with van der Waals surface area (Å²) in [7, 11) is 3.90. The van der Waals surface area contributed by atoms with Crippen LogP contribution in [0.2, 0.25) is 5.02 Å². The molecule has 0 bridgehead atoms. The fourth-order valence-corrected chi connectivity index (χ4v) is 5.90. The highest BCUT2D eigenvalue weighted by atomic mass is 35.5. The van der Waals surface area contributed by atoms with E-state index in [0.717, 1.165) is 11.1 Å². The second-order valence-corrected chi connectivity index (χ2v) is 13.3. The van der Waals surface area contributed by atoms with Crippen LogP contribution in [0.3, 0.4) is 0 Å². The monoisotopic (exact) mass is 739 g/mol. The van der Waals surface area contributed by atoms with Gasteiger partial charge in [-0.25, -0.2) is 0 Å². The van der Waals surface area contributed by atoms with E-state index < -0.39 is 0 Å². The Morgan fingerprint density at radius 3 is 1.93 bits per heavy atom. The first-order valence-corrected chi connectivity index (χ1v) is 17.7. The molecule has 0 aliphatic heterocycles. The van der Waals surface area contributed by atoms with Gasteiger partial charge in [-0.3, -0.25) is 14.4 Å². The summed E-state index contributed by atoms with van der Waals surface area (Å²) in [6.45, 7) is 1.10. The first kappa shape index (κ1) is 37.5. The van der Waals surface area contributed by atoms with Crippen molar-refractivity contribution >= 4 is 45.1 Å². The van der Waals surface area contributed by atoms with E-state index in [0.29, 0.717) is 81.3 Å². The summed E-state index contributed by atoms with van der Waals surface area (Å²) in [5.74, 6) is 1.52. The Kier molecular flexibility index (Phi) is 12.2. The second-order valence-electron chi connectivity index (χ2n) is 12.9. The van der Waals surface area contributed by atoms with Crippen molar-refractivity contribution in [3.8, 4) is 23.0 Å². The third-order valence-electron chi connectivity index (χ3n) is 8.44. The molecule has 9 heteroatoms. The molecule has 1 aromatic heterocycles. The topological polar surface area (TPSA) is 106 Å². The quantitative estimate of drug-likeness (QED) is 0.0976. The lowest BCUT2D eigenvalue weighted by Crippen LogP contribution is -2.19. The van der Waals surface area contributed by atoms with Crippen molar-refractivity contribution in [2.24, 2.45) is 0 Å². The third-order valence-corrected chi connectivity index (χ3v) is 8.66. The minimum Gasteiger partial charge on any atom is -0.508 e. The van der Waals surface area contributed by atoms with Gasteiger partial charge >= 0.3 is 0 Å². The Morgan fingerprint density at radius 2 is 1.30 bits per heavy atom. The fourth-order valence-electron chi connectivity index (χ4n) is 5.70. The molecule has 7 aromatic rings. The average molecular weight is 740 g/mol. The molecule has 0 amide bonds. The number of halogens is 1. The Hall–Kier alpha value is -6.22. The molecule has 0 fully saturated rings. The number of hydrogen-bond donors (Lipinski definition) is 1. The smallest absolute Gasteiger partial charge is 0.200 e. The summed E-state index contributed by atoms with van der Waals surface area (Å²) >= 11 is 6.27. The number of ether oxygens (including phenoxy) is 2. The molecule has 54 heavy (non-hydrogen) atoms. The molecule has 0 atom stereocenters. The van der Waals surface area contributed by atoms with Crippen LogP contribution in [0.4, 0.5) is 0 Å². The lowest BCUT2D eigenvalue weighted by Gasteiger charge is -2.13. The molecular weight excluding hydrogens is 702 g/mol. The summed E-state index contributed by atoms with van der Waals surface area (Å²) in [5.41, 5.74) is 3.52. The normalized spacial score (nSPS) is 10.9. The first-order chi connectivity index (χ1) is 26.1. The maximum absolute atomic E-state index is 13.3. The van der Waals surface area contributed by atoms with Gasteiger partial charge in [0.1, 0.15) is 29.4 Å². The van der Waals surface area contributed by atoms with E-state index in [9.17, 15) is 19.5 Å². The number of nitrogens with zero attached hydrogens (tertiary/aromatic N) is 1. The number of likely N-dealkylation sites (N-methyl/N-ethyl adjacent to an activating group) is 1. The maximum atomic E-state index is 13.3. The number of fused-ring (bicyclic) bond motifs is 2. The molecular formula is C45H38ClNO7. The zero-order chi connectivity index (χ0) is 38.0. The van der Waals surface area contributed by atoms with Gasteiger partial charge < -0.3 is 23.9 Å². The van der Waals surface area contributed by atoms with Crippen molar-refractivity contribution in [2.45, 2.75) is 12.8 Å². The number of benzene rings is 6. The predicted octanol–water partition coefficient (Wildman–Crippen LogP) is 9.58. The lowest BCUT2D eigenvalue weighted by atomic mass is 10.0. The predicted molar refractivity (Wildman–Crippen MR) is 213 cm³/mol. The molecule has 0 spiro atoms. The number of phenols is 1. The molecule has 6 aromatic carbocycles. The van der Waals surface area contributed by atoms with E-state index in [1.54, 1.807) is 72.8 Å². The van der Waals surface area contributed by atoms with Crippen molar-refractivity contribution < 1.29 is 28.6 Å². The van der Waals surface area contributed by atoms with Gasteiger partial charge in [-0.05, 0) is 67.7 Å². The molecule has 0 unspecified atom stereocenters. The fraction of sp³-hybridized carbons (Fsp3) is 0.133. The standard InChI is InChI=1S/C31H26ClNO5.C14H12O2/c1-33(2)13-14-36-29-18-22(32)17-26-30(35)25-12-11-24(19-28(25)38-31(26)29)37-23-10-6-9-21(16-23)27(34)15-20-7-4-3-5-8-20;15-13-8-4-7-12(10-13)14(16)9-11-5-2-1-3-6-11/h3-12,16-19H,13-15H2,1-2H3;1-8,10,15H,9H2. The molecule has 272 valence electrons. The third kappa shape index (κ3) is 9.80. The molecule has 1 heterocycles. The minimum atomic E-state index is -0.207. The van der Waals surface area contributed by atoms with Crippen molar-refractivity contribution in [2.75, 3.05) is 27.2 Å². The number of phenolic OH excluding ortho intramolecular Hbond substituents is 1. The van der Waals surface area contributed by atoms with Gasteiger partial charge in [-0.2, -0.15) is 0 Å². The minimum absolute atomic E-state index is 0.00177. The van der Waals surface area contributed by atoms with Crippen LogP contribution >= 0.6 is 11.6 Å². The zero-order valence-corrected chi connectivity index (χ0v) is 30.6. The van der Waals surface area contributed by atoms with E-state index in [4.69, 9.17) is 25.5 Å². The van der Waals surface area contributed by atoms with E-state index in [1.807, 2.05) is 79.7 Å². The Balaban J connectivity index is 0.000000259. The van der Waals surface area contributed by atoms with Crippen LogP contribution in [0.25, 0.3) is 21.9 Å². The number of carbonyl (C=O) groups is 2. The Bertz CT molecular complexity index is 2460. The van der Waals surface area contributed by atoms with E-state index >= 15 is 0 Å². The van der Waals surface area contributed by atoms with Gasteiger partial charge in [-0.1, -0.05) is 96.5 Å². The van der Waals surface area contributed by atoms with Gasteiger partial charge in [0, 0.05) is 47.7 Å². The van der Waals surface area contributed by atoms with Gasteiger partial charge in [0.05, 0.1) is 10.8 Å². The van der Waals surface area contributed by atoms with E-state index in [2.05, 4.69) is 0 Å². The summed E-state index contributed by atoms with van der Waals surface area (Å²) in [4.78, 5) is 39.9. The van der Waals surface area contributed by atoms with Gasteiger partial charge in [0.15, 0.2) is 22.9 Å². The lowest BCUT2D eigenvalue weighted by molar-refractivity contribution is 0.0984. The molecule has 0 aliphatic carbocycles. The Labute approximate surface area is 317 Å². The molecule has 0 saturated heterocycles. The Morgan fingerprint density at radius 1 is 0.685 bits per heavy atom. The molecule has 0 aliphatic rings. The number of carbonyl (C=O) groups excluding carboxylic acids is 2. The molecule has 8 nitrogen and oxygen atoms in total. The van der Waals surface area contributed by atoms with Crippen LogP contribution in [0.15, 0.2) is 149 Å². The summed E-state index contributed by atoms with van der Waals surface area (Å²) in [5, 5.41) is 10.4. The van der Waals surface area contributed by atoms with E-state index in [1.165, 1.54) is 6.07 Å². The SMILES string of the molecule is CN(C)CCOc1cc(Cl)cc2c(=O)c3ccc(Oc4cccc(C(=O)Cc5ccccc5)c4)cc3oc12.O=C(Cc1ccccc1)c1cccc(O)c1. The highest BCUT2D eigenvalue weighted by Gasteiger charge is 2.16. The molecule has 0 saturated carbocycles.